The van der Waals surface area contributed by atoms with Gasteiger partial charge in [0.25, 0.3) is 0 Å². The van der Waals surface area contributed by atoms with Crippen LogP contribution in [0.3, 0.4) is 0 Å². The van der Waals surface area contributed by atoms with Crippen molar-refractivity contribution in [2.75, 3.05) is 66.7 Å². The van der Waals surface area contributed by atoms with Crippen molar-refractivity contribution in [3.05, 3.63) is 23.3 Å². The molecule has 0 spiro atoms. The van der Waals surface area contributed by atoms with Crippen molar-refractivity contribution in [1.82, 2.24) is 19.6 Å². The summed E-state index contributed by atoms with van der Waals surface area (Å²) in [4.78, 5) is 47.3. The third-order valence-electron chi connectivity index (χ3n) is 9.08. The van der Waals surface area contributed by atoms with E-state index in [1.54, 1.807) is 0 Å². The number of fused-ring (bicyclic) bond motifs is 1. The summed E-state index contributed by atoms with van der Waals surface area (Å²) in [5.74, 6) is -1.01. The van der Waals surface area contributed by atoms with Gasteiger partial charge in [0.05, 0.1) is 19.1 Å². The third-order valence-corrected chi connectivity index (χ3v) is 9.08. The highest BCUT2D eigenvalue weighted by Gasteiger charge is 2.47. The lowest BCUT2D eigenvalue weighted by atomic mass is 9.83. The number of aliphatic hydroxyl groups is 1. The zero-order chi connectivity index (χ0) is 30.9. The van der Waals surface area contributed by atoms with Crippen molar-refractivity contribution in [2.24, 2.45) is 5.92 Å². The molecule has 1 aromatic rings. The van der Waals surface area contributed by atoms with Gasteiger partial charge >= 0.3 is 5.97 Å². The van der Waals surface area contributed by atoms with Crippen LogP contribution in [-0.2, 0) is 21.0 Å². The second-order valence-electron chi connectivity index (χ2n) is 12.4. The topological polar surface area (TPSA) is 123 Å². The van der Waals surface area contributed by atoms with Crippen LogP contribution < -0.4 is 9.47 Å². The Morgan fingerprint density at radius 2 is 1.84 bits per heavy atom. The highest BCUT2D eigenvalue weighted by molar-refractivity contribution is 5.79. The number of nitrogens with zero attached hydrogens (tertiary/aromatic N) is 4. The molecule has 2 saturated heterocycles. The molecule has 3 heterocycles. The number of aliphatic carboxylic acids is 1. The third kappa shape index (κ3) is 8.39. The molecule has 3 atom stereocenters. The summed E-state index contributed by atoms with van der Waals surface area (Å²) in [5.41, 5.74) is 1.31. The second-order valence-corrected chi connectivity index (χ2v) is 12.4. The van der Waals surface area contributed by atoms with Gasteiger partial charge in [-0.05, 0) is 76.9 Å². The number of aliphatic hydroxyl groups excluding tert-OH is 1. The summed E-state index contributed by atoms with van der Waals surface area (Å²) in [6.45, 7) is 5.91. The van der Waals surface area contributed by atoms with Crippen LogP contribution >= 0.6 is 0 Å². The molecule has 0 aliphatic carbocycles. The SMILES string of the molecule is CCCCN(CCCCN(C)C)C(=O)CN1C[C@H](c2cc(CO)c3c(c2)OCO3)[C@@H](C(=O)O)[C@@H]1CCN1CCCCC1=O. The van der Waals surface area contributed by atoms with Crippen molar-refractivity contribution in [1.29, 1.82) is 0 Å². The van der Waals surface area contributed by atoms with E-state index >= 15 is 0 Å². The Morgan fingerprint density at radius 1 is 1.07 bits per heavy atom. The number of hydrogen-bond donors (Lipinski definition) is 2. The zero-order valence-electron chi connectivity index (χ0n) is 26.1. The summed E-state index contributed by atoms with van der Waals surface area (Å²) in [6, 6.07) is 3.20. The number of carboxylic acids is 1. The normalized spacial score (nSPS) is 22.0. The lowest BCUT2D eigenvalue weighted by Crippen LogP contribution is -2.46. The second kappa shape index (κ2) is 15.7. The standard InChI is InChI=1S/C32H50N4O7/c1-4-5-13-34(15-9-8-12-33(2)3)29(39)20-36-19-25(23-17-24(21-37)31-27(18-23)42-22-43-31)30(32(40)41)26(36)11-16-35-14-7-6-10-28(35)38/h17-18,25-26,30,37H,4-16,19-22H2,1-3H3,(H,40,41)/t25-,26+,30-/m1/s1. The maximum absolute atomic E-state index is 13.8. The van der Waals surface area contributed by atoms with Gasteiger partial charge in [-0.3, -0.25) is 19.3 Å². The van der Waals surface area contributed by atoms with E-state index in [-0.39, 0.29) is 31.8 Å². The van der Waals surface area contributed by atoms with Crippen LogP contribution in [-0.4, -0.2) is 120 Å². The van der Waals surface area contributed by atoms with Crippen molar-refractivity contribution >= 4 is 17.8 Å². The first kappa shape index (κ1) is 33.0. The molecule has 2 N–H and O–H groups in total. The average molecular weight is 603 g/mol. The summed E-state index contributed by atoms with van der Waals surface area (Å²) < 4.78 is 11.2. The summed E-state index contributed by atoms with van der Waals surface area (Å²) >= 11 is 0. The first-order valence-electron chi connectivity index (χ1n) is 15.9. The number of unbranched alkanes of at least 4 members (excludes halogenated alkanes) is 2. The van der Waals surface area contributed by atoms with Gasteiger partial charge in [0.15, 0.2) is 11.5 Å². The number of carbonyl (C=O) groups is 3. The highest BCUT2D eigenvalue weighted by atomic mass is 16.7. The molecule has 11 nitrogen and oxygen atoms in total. The molecule has 4 rings (SSSR count). The number of carbonyl (C=O) groups excluding carboxylic acids is 2. The van der Waals surface area contributed by atoms with Gasteiger partial charge < -0.3 is 34.4 Å². The van der Waals surface area contributed by atoms with Crippen LogP contribution in [0.15, 0.2) is 12.1 Å². The molecule has 240 valence electrons. The number of likely N-dealkylation sites (tertiary alicyclic amines) is 2. The number of rotatable bonds is 16. The van der Waals surface area contributed by atoms with Crippen LogP contribution in [0, 0.1) is 5.92 Å². The number of piperidine rings is 1. The molecule has 1 aromatic carbocycles. The maximum Gasteiger partial charge on any atom is 0.308 e. The molecule has 0 saturated carbocycles. The van der Waals surface area contributed by atoms with E-state index < -0.39 is 23.8 Å². The summed E-state index contributed by atoms with van der Waals surface area (Å²) in [7, 11) is 4.09. The Hall–Kier alpha value is -2.89. The van der Waals surface area contributed by atoms with Crippen molar-refractivity contribution in [3.8, 4) is 11.5 Å². The number of hydrogen-bond acceptors (Lipinski definition) is 8. The summed E-state index contributed by atoms with van der Waals surface area (Å²) in [5, 5.41) is 20.6. The number of benzene rings is 1. The van der Waals surface area contributed by atoms with Gasteiger partial charge in [0.2, 0.25) is 18.6 Å². The Bertz CT molecular complexity index is 1110. The van der Waals surface area contributed by atoms with Gasteiger partial charge in [0, 0.05) is 56.7 Å². The van der Waals surface area contributed by atoms with E-state index in [0.29, 0.717) is 62.6 Å². The number of ether oxygens (including phenoxy) is 2. The van der Waals surface area contributed by atoms with E-state index in [2.05, 4.69) is 11.8 Å². The van der Waals surface area contributed by atoms with E-state index in [1.165, 1.54) is 0 Å². The van der Waals surface area contributed by atoms with Crippen LogP contribution in [0.2, 0.25) is 0 Å². The van der Waals surface area contributed by atoms with E-state index in [1.807, 2.05) is 40.9 Å². The van der Waals surface area contributed by atoms with Crippen LogP contribution in [0.4, 0.5) is 0 Å². The van der Waals surface area contributed by atoms with E-state index in [9.17, 15) is 24.6 Å². The minimum absolute atomic E-state index is 0.0175. The van der Waals surface area contributed by atoms with Gasteiger partial charge in [-0.15, -0.1) is 0 Å². The molecule has 2 amide bonds. The van der Waals surface area contributed by atoms with Crippen LogP contribution in [0.1, 0.15) is 75.3 Å². The predicted molar refractivity (Wildman–Crippen MR) is 162 cm³/mol. The lowest BCUT2D eigenvalue weighted by Gasteiger charge is -2.32. The zero-order valence-corrected chi connectivity index (χ0v) is 26.1. The van der Waals surface area contributed by atoms with Gasteiger partial charge in [-0.1, -0.05) is 13.3 Å². The number of carboxylic acid groups (broad SMARTS) is 1. The average Bonchev–Trinajstić information content (AvgIpc) is 3.60. The highest BCUT2D eigenvalue weighted by Crippen LogP contribution is 2.44. The van der Waals surface area contributed by atoms with Gasteiger partial charge in [-0.2, -0.15) is 0 Å². The quantitative estimate of drug-likeness (QED) is 0.275. The molecule has 0 radical (unpaired) electrons. The Morgan fingerprint density at radius 3 is 2.53 bits per heavy atom. The number of amides is 2. The fraction of sp³-hybridized carbons (Fsp3) is 0.719. The molecule has 3 aliphatic rings. The fourth-order valence-corrected chi connectivity index (χ4v) is 6.73. The molecular formula is C32H50N4O7. The molecule has 2 fully saturated rings. The predicted octanol–water partition coefficient (Wildman–Crippen LogP) is 2.75. The molecular weight excluding hydrogens is 552 g/mol. The Balaban J connectivity index is 1.58. The fourth-order valence-electron chi connectivity index (χ4n) is 6.73. The molecule has 43 heavy (non-hydrogen) atoms. The minimum atomic E-state index is -0.926. The van der Waals surface area contributed by atoms with E-state index in [0.717, 1.165) is 50.6 Å². The van der Waals surface area contributed by atoms with Crippen LogP contribution in [0.25, 0.3) is 0 Å². The molecule has 0 unspecified atom stereocenters. The summed E-state index contributed by atoms with van der Waals surface area (Å²) in [6.07, 6.45) is 6.65. The van der Waals surface area contributed by atoms with Gasteiger partial charge in [0.1, 0.15) is 0 Å². The molecule has 3 aliphatic heterocycles. The first-order valence-corrected chi connectivity index (χ1v) is 15.9. The lowest BCUT2D eigenvalue weighted by molar-refractivity contribution is -0.144. The molecule has 0 bridgehead atoms. The van der Waals surface area contributed by atoms with E-state index in [4.69, 9.17) is 9.47 Å². The minimum Gasteiger partial charge on any atom is -0.481 e. The monoisotopic (exact) mass is 602 g/mol. The van der Waals surface area contributed by atoms with Crippen molar-refractivity contribution in [3.63, 3.8) is 0 Å². The van der Waals surface area contributed by atoms with Gasteiger partial charge in [-0.25, -0.2) is 0 Å². The Kier molecular flexibility index (Phi) is 12.1. The van der Waals surface area contributed by atoms with Crippen molar-refractivity contribution < 1.29 is 34.1 Å². The van der Waals surface area contributed by atoms with Crippen molar-refractivity contribution in [2.45, 2.75) is 76.9 Å². The molecule has 11 heteroatoms. The van der Waals surface area contributed by atoms with Crippen LogP contribution in [0.5, 0.6) is 11.5 Å². The Labute approximate surface area is 255 Å². The first-order chi connectivity index (χ1) is 20.7. The molecule has 0 aromatic heterocycles. The maximum atomic E-state index is 13.8. The largest absolute Gasteiger partial charge is 0.481 e. The smallest absolute Gasteiger partial charge is 0.308 e.